The Kier molecular flexibility index (Phi) is 12.6. The molecule has 7 nitrogen and oxygen atoms in total. The van der Waals surface area contributed by atoms with Crippen LogP contribution in [-0.4, -0.2) is 37.4 Å². The summed E-state index contributed by atoms with van der Waals surface area (Å²) in [5.74, 6) is -0.429. The van der Waals surface area contributed by atoms with Crippen molar-refractivity contribution >= 4 is 11.7 Å². The van der Waals surface area contributed by atoms with Crippen LogP contribution in [0.2, 0.25) is 0 Å². The molecule has 1 unspecified atom stereocenters. The molecule has 1 N–H and O–H groups in total. The van der Waals surface area contributed by atoms with Crippen LogP contribution in [0.3, 0.4) is 0 Å². The van der Waals surface area contributed by atoms with E-state index in [1.165, 1.54) is 31.4 Å². The number of nitroso groups, excluding NO2 is 1. The summed E-state index contributed by atoms with van der Waals surface area (Å²) in [7, 11) is 0. The molecule has 0 spiro atoms. The first-order valence-electron chi connectivity index (χ1n) is 14.0. The SMILES string of the molecule is CCCCCCCCOC(=O)c1ccc(OCC(N=O)c2ccc(N(CC)CC)c(C(C)(C)C)c2)cc1O. The summed E-state index contributed by atoms with van der Waals surface area (Å²) < 4.78 is 11.1. The second-order valence-electron chi connectivity index (χ2n) is 10.7. The summed E-state index contributed by atoms with van der Waals surface area (Å²) in [4.78, 5) is 26.4. The van der Waals surface area contributed by atoms with Crippen LogP contribution >= 0.6 is 0 Å². The van der Waals surface area contributed by atoms with Gasteiger partial charge in [0.05, 0.1) is 6.61 Å². The molecule has 2 rings (SSSR count). The Labute approximate surface area is 228 Å². The van der Waals surface area contributed by atoms with E-state index in [0.29, 0.717) is 12.4 Å². The summed E-state index contributed by atoms with van der Waals surface area (Å²) in [5, 5.41) is 13.7. The Hall–Kier alpha value is -3.09. The Morgan fingerprint density at radius 3 is 2.26 bits per heavy atom. The largest absolute Gasteiger partial charge is 0.507 e. The standard InChI is InChI=1S/C31H46N2O5/c1-7-10-11-12-13-14-19-37-30(35)25-17-16-24(21-29(25)34)38-22-27(32-36)23-15-18-28(33(8-2)9-3)26(20-23)31(4,5)6/h15-18,20-21,27,34H,7-14,19,22H2,1-6H3. The highest BCUT2D eigenvalue weighted by molar-refractivity contribution is 5.92. The molecule has 0 aliphatic carbocycles. The van der Waals surface area contributed by atoms with Crippen molar-refractivity contribution in [1.29, 1.82) is 0 Å². The highest BCUT2D eigenvalue weighted by atomic mass is 16.5. The fraction of sp³-hybridized carbons (Fsp3) is 0.581. The third kappa shape index (κ3) is 9.03. The summed E-state index contributed by atoms with van der Waals surface area (Å²) in [6, 6.07) is 9.75. The van der Waals surface area contributed by atoms with Gasteiger partial charge in [-0.25, -0.2) is 4.79 Å². The van der Waals surface area contributed by atoms with Crippen molar-refractivity contribution in [1.82, 2.24) is 0 Å². The van der Waals surface area contributed by atoms with E-state index in [0.717, 1.165) is 49.2 Å². The number of phenolic OH excluding ortho intramolecular Hbond substituents is 1. The number of nitrogens with zero attached hydrogens (tertiary/aromatic N) is 2. The minimum absolute atomic E-state index is 0.0129. The van der Waals surface area contributed by atoms with Gasteiger partial charge in [-0.15, -0.1) is 0 Å². The van der Waals surface area contributed by atoms with Gasteiger partial charge in [0, 0.05) is 24.8 Å². The number of hydrogen-bond donors (Lipinski definition) is 1. The zero-order valence-electron chi connectivity index (χ0n) is 24.1. The van der Waals surface area contributed by atoms with Gasteiger partial charge in [-0.2, -0.15) is 4.91 Å². The predicted molar refractivity (Wildman–Crippen MR) is 154 cm³/mol. The first-order valence-corrected chi connectivity index (χ1v) is 14.0. The van der Waals surface area contributed by atoms with Crippen LogP contribution in [0.15, 0.2) is 41.6 Å². The Bertz CT molecular complexity index is 1030. The van der Waals surface area contributed by atoms with E-state index in [1.54, 1.807) is 6.07 Å². The minimum atomic E-state index is -0.717. The van der Waals surface area contributed by atoms with Crippen molar-refractivity contribution in [3.05, 3.63) is 58.0 Å². The predicted octanol–water partition coefficient (Wildman–Crippen LogP) is 7.94. The molecular weight excluding hydrogens is 480 g/mol. The van der Waals surface area contributed by atoms with Gasteiger partial charge in [-0.1, -0.05) is 77.1 Å². The molecule has 7 heteroatoms. The lowest BCUT2D eigenvalue weighted by molar-refractivity contribution is 0.0494. The minimum Gasteiger partial charge on any atom is -0.507 e. The highest BCUT2D eigenvalue weighted by Crippen LogP contribution is 2.35. The fourth-order valence-corrected chi connectivity index (χ4v) is 4.46. The van der Waals surface area contributed by atoms with E-state index in [-0.39, 0.29) is 23.3 Å². The number of unbranched alkanes of at least 4 members (excludes halogenated alkanes) is 5. The maximum absolute atomic E-state index is 12.4. The fourth-order valence-electron chi connectivity index (χ4n) is 4.46. The first kappa shape index (κ1) is 31.1. The molecule has 2 aromatic rings. The van der Waals surface area contributed by atoms with Crippen molar-refractivity contribution in [3.63, 3.8) is 0 Å². The molecule has 38 heavy (non-hydrogen) atoms. The Balaban J connectivity index is 2.03. The van der Waals surface area contributed by atoms with Gasteiger partial charge in [-0.05, 0) is 55.0 Å². The van der Waals surface area contributed by atoms with E-state index in [2.05, 4.69) is 57.7 Å². The summed E-state index contributed by atoms with van der Waals surface area (Å²) in [6.07, 6.45) is 6.59. The zero-order valence-corrected chi connectivity index (χ0v) is 24.1. The molecular formula is C31H46N2O5. The van der Waals surface area contributed by atoms with Crippen LogP contribution in [0.25, 0.3) is 0 Å². The van der Waals surface area contributed by atoms with Crippen LogP contribution in [0, 0.1) is 4.91 Å². The maximum atomic E-state index is 12.4. The lowest BCUT2D eigenvalue weighted by Gasteiger charge is -2.31. The highest BCUT2D eigenvalue weighted by Gasteiger charge is 2.24. The lowest BCUT2D eigenvalue weighted by Crippen LogP contribution is -2.26. The van der Waals surface area contributed by atoms with Crippen molar-refractivity contribution < 1.29 is 19.4 Å². The third-order valence-electron chi connectivity index (χ3n) is 6.77. The molecule has 0 heterocycles. The number of anilines is 1. The summed E-state index contributed by atoms with van der Waals surface area (Å²) in [6.45, 7) is 15.0. The van der Waals surface area contributed by atoms with Gasteiger partial charge >= 0.3 is 5.97 Å². The normalized spacial score (nSPS) is 12.2. The molecule has 210 valence electrons. The average Bonchev–Trinajstić information content (AvgIpc) is 2.89. The molecule has 0 saturated carbocycles. The van der Waals surface area contributed by atoms with E-state index < -0.39 is 12.0 Å². The van der Waals surface area contributed by atoms with E-state index >= 15 is 0 Å². The molecule has 0 aliphatic rings. The van der Waals surface area contributed by atoms with Gasteiger partial charge in [0.15, 0.2) is 6.04 Å². The molecule has 0 radical (unpaired) electrons. The van der Waals surface area contributed by atoms with Crippen molar-refractivity contribution in [2.45, 2.75) is 91.5 Å². The number of aromatic hydroxyl groups is 1. The number of ether oxygens (including phenoxy) is 2. The molecule has 2 aromatic carbocycles. The number of esters is 1. The number of rotatable bonds is 16. The average molecular weight is 527 g/mol. The molecule has 0 aliphatic heterocycles. The van der Waals surface area contributed by atoms with Gasteiger partial charge in [0.25, 0.3) is 0 Å². The molecule has 1 atom stereocenters. The second-order valence-corrected chi connectivity index (χ2v) is 10.7. The van der Waals surface area contributed by atoms with Crippen molar-refractivity contribution in [2.24, 2.45) is 5.18 Å². The smallest absolute Gasteiger partial charge is 0.341 e. The van der Waals surface area contributed by atoms with Crippen LogP contribution in [0.1, 0.15) is 108 Å². The molecule has 0 fully saturated rings. The number of carbonyl (C=O) groups is 1. The number of phenols is 1. The van der Waals surface area contributed by atoms with Crippen LogP contribution in [0.5, 0.6) is 11.5 Å². The van der Waals surface area contributed by atoms with Gasteiger partial charge in [0.1, 0.15) is 23.7 Å². The van der Waals surface area contributed by atoms with Crippen LogP contribution in [0.4, 0.5) is 5.69 Å². The maximum Gasteiger partial charge on any atom is 0.341 e. The second kappa shape index (κ2) is 15.4. The third-order valence-corrected chi connectivity index (χ3v) is 6.77. The molecule has 0 bridgehead atoms. The number of carbonyl (C=O) groups excluding carboxylic acids is 1. The van der Waals surface area contributed by atoms with E-state index in [1.807, 2.05) is 12.1 Å². The van der Waals surface area contributed by atoms with Crippen molar-refractivity contribution in [3.8, 4) is 11.5 Å². The van der Waals surface area contributed by atoms with E-state index in [9.17, 15) is 14.8 Å². The zero-order chi connectivity index (χ0) is 28.1. The first-order chi connectivity index (χ1) is 18.2. The number of benzene rings is 2. The topological polar surface area (TPSA) is 88.4 Å². The quantitative estimate of drug-likeness (QED) is 0.136. The Morgan fingerprint density at radius 2 is 1.66 bits per heavy atom. The molecule has 0 saturated heterocycles. The van der Waals surface area contributed by atoms with Crippen LogP contribution in [-0.2, 0) is 10.2 Å². The van der Waals surface area contributed by atoms with E-state index in [4.69, 9.17) is 9.47 Å². The molecule has 0 amide bonds. The molecule has 0 aromatic heterocycles. The van der Waals surface area contributed by atoms with Crippen LogP contribution < -0.4 is 9.64 Å². The van der Waals surface area contributed by atoms with Gasteiger partial charge in [0.2, 0.25) is 0 Å². The summed E-state index contributed by atoms with van der Waals surface area (Å²) in [5.41, 5.74) is 3.05. The summed E-state index contributed by atoms with van der Waals surface area (Å²) >= 11 is 0. The lowest BCUT2D eigenvalue weighted by atomic mass is 9.83. The van der Waals surface area contributed by atoms with Gasteiger partial charge < -0.3 is 19.5 Å². The monoisotopic (exact) mass is 526 g/mol. The Morgan fingerprint density at radius 1 is 0.974 bits per heavy atom. The number of hydrogen-bond acceptors (Lipinski definition) is 7. The van der Waals surface area contributed by atoms with Gasteiger partial charge in [-0.3, -0.25) is 0 Å². The van der Waals surface area contributed by atoms with Crippen molar-refractivity contribution in [2.75, 3.05) is 31.2 Å².